The topological polar surface area (TPSA) is 48.5 Å². The average Bonchev–Trinajstić information content (AvgIpc) is 2.70. The summed E-state index contributed by atoms with van der Waals surface area (Å²) in [5.74, 6) is -0.180. The number of amides is 2. The molecule has 6 heteroatoms. The third-order valence-electron chi connectivity index (χ3n) is 4.89. The summed E-state index contributed by atoms with van der Waals surface area (Å²) >= 11 is 0. The van der Waals surface area contributed by atoms with Gasteiger partial charge in [-0.05, 0) is 18.2 Å². The molecule has 1 N–H and O–H groups in total. The van der Waals surface area contributed by atoms with Crippen LogP contribution < -0.4 is 5.32 Å². The lowest BCUT2D eigenvalue weighted by atomic mass is 10.2. The highest BCUT2D eigenvalue weighted by atomic mass is 19.1. The number of piperazine rings is 1. The molecule has 138 valence electrons. The van der Waals surface area contributed by atoms with Crippen molar-refractivity contribution in [3.8, 4) is 0 Å². The molecule has 0 saturated carbocycles. The Kier molecular flexibility index (Phi) is 4.98. The summed E-state index contributed by atoms with van der Waals surface area (Å²) < 4.78 is 13.8. The van der Waals surface area contributed by atoms with E-state index in [0.29, 0.717) is 30.9 Å². The van der Waals surface area contributed by atoms with Gasteiger partial charge >= 0.3 is 6.03 Å². The molecule has 27 heavy (non-hydrogen) atoms. The average molecular weight is 364 g/mol. The lowest BCUT2D eigenvalue weighted by Crippen LogP contribution is -2.49. The number of anilines is 1. The van der Waals surface area contributed by atoms with E-state index in [1.165, 1.54) is 6.07 Å². The van der Waals surface area contributed by atoms with Crippen molar-refractivity contribution in [3.63, 3.8) is 0 Å². The first-order chi connectivity index (χ1) is 13.2. The number of pyridine rings is 1. The van der Waals surface area contributed by atoms with Crippen LogP contribution >= 0.6 is 0 Å². The van der Waals surface area contributed by atoms with Crippen LogP contribution in [0.4, 0.5) is 14.9 Å². The van der Waals surface area contributed by atoms with Gasteiger partial charge in [0.15, 0.2) is 0 Å². The van der Waals surface area contributed by atoms with Crippen molar-refractivity contribution in [2.75, 3.05) is 31.5 Å². The second-order valence-electron chi connectivity index (χ2n) is 6.67. The van der Waals surface area contributed by atoms with Crippen molar-refractivity contribution in [1.82, 2.24) is 14.8 Å². The van der Waals surface area contributed by atoms with Gasteiger partial charge in [0.1, 0.15) is 5.82 Å². The molecule has 0 spiro atoms. The highest BCUT2D eigenvalue weighted by Crippen LogP contribution is 2.21. The van der Waals surface area contributed by atoms with Crippen LogP contribution in [0.25, 0.3) is 10.9 Å². The molecule has 1 aliphatic rings. The molecular weight excluding hydrogens is 343 g/mol. The van der Waals surface area contributed by atoms with Crippen LogP contribution in [0.2, 0.25) is 0 Å². The molecule has 1 fully saturated rings. The molecule has 1 aromatic heterocycles. The van der Waals surface area contributed by atoms with Crippen LogP contribution in [0, 0.1) is 5.82 Å². The number of aromatic nitrogens is 1. The molecule has 1 aliphatic heterocycles. The number of carbonyl (C=O) groups is 1. The fourth-order valence-corrected chi connectivity index (χ4v) is 3.38. The Morgan fingerprint density at radius 2 is 1.78 bits per heavy atom. The van der Waals surface area contributed by atoms with E-state index in [1.54, 1.807) is 17.2 Å². The predicted octanol–water partition coefficient (Wildman–Crippen LogP) is 3.72. The highest BCUT2D eigenvalue weighted by Gasteiger charge is 2.22. The van der Waals surface area contributed by atoms with Gasteiger partial charge in [0.05, 0.1) is 11.2 Å². The maximum absolute atomic E-state index is 13.8. The summed E-state index contributed by atoms with van der Waals surface area (Å²) in [6.07, 6.45) is 1.72. The van der Waals surface area contributed by atoms with Crippen molar-refractivity contribution >= 4 is 22.6 Å². The Labute approximate surface area is 157 Å². The van der Waals surface area contributed by atoms with Gasteiger partial charge in [-0.1, -0.05) is 36.4 Å². The fourth-order valence-electron chi connectivity index (χ4n) is 3.38. The summed E-state index contributed by atoms with van der Waals surface area (Å²) in [5, 5.41) is 3.97. The van der Waals surface area contributed by atoms with E-state index in [0.717, 1.165) is 24.0 Å². The number of urea groups is 1. The van der Waals surface area contributed by atoms with Crippen molar-refractivity contribution in [2.45, 2.75) is 6.54 Å². The quantitative estimate of drug-likeness (QED) is 0.770. The summed E-state index contributed by atoms with van der Waals surface area (Å²) in [4.78, 5) is 21.0. The van der Waals surface area contributed by atoms with Crippen LogP contribution in [-0.4, -0.2) is 47.0 Å². The van der Waals surface area contributed by atoms with Crippen molar-refractivity contribution in [1.29, 1.82) is 0 Å². The molecule has 5 nitrogen and oxygen atoms in total. The number of nitrogens with zero attached hydrogens (tertiary/aromatic N) is 3. The first kappa shape index (κ1) is 17.4. The summed E-state index contributed by atoms with van der Waals surface area (Å²) in [6, 6.07) is 16.3. The maximum atomic E-state index is 13.8. The molecule has 0 radical (unpaired) electrons. The van der Waals surface area contributed by atoms with Crippen LogP contribution in [0.1, 0.15) is 5.56 Å². The second-order valence-corrected chi connectivity index (χ2v) is 6.67. The number of para-hydroxylation sites is 1. The van der Waals surface area contributed by atoms with E-state index in [4.69, 9.17) is 0 Å². The first-order valence-electron chi connectivity index (χ1n) is 9.06. The van der Waals surface area contributed by atoms with Gasteiger partial charge in [-0.15, -0.1) is 0 Å². The van der Waals surface area contributed by atoms with E-state index in [1.807, 2.05) is 42.5 Å². The van der Waals surface area contributed by atoms with Crippen LogP contribution in [0.5, 0.6) is 0 Å². The van der Waals surface area contributed by atoms with E-state index in [2.05, 4.69) is 15.2 Å². The third-order valence-corrected chi connectivity index (χ3v) is 4.89. The molecule has 2 amide bonds. The predicted molar refractivity (Wildman–Crippen MR) is 104 cm³/mol. The van der Waals surface area contributed by atoms with Crippen LogP contribution in [-0.2, 0) is 6.54 Å². The molecule has 1 saturated heterocycles. The zero-order chi connectivity index (χ0) is 18.6. The highest BCUT2D eigenvalue weighted by molar-refractivity contribution is 5.99. The molecule has 0 atom stereocenters. The Bertz CT molecular complexity index is 948. The fraction of sp³-hybridized carbons (Fsp3) is 0.238. The zero-order valence-corrected chi connectivity index (χ0v) is 14.9. The number of benzene rings is 2. The van der Waals surface area contributed by atoms with Gasteiger partial charge < -0.3 is 10.2 Å². The number of fused-ring (bicyclic) bond motifs is 1. The second kappa shape index (κ2) is 7.72. The standard InChI is InChI=1S/C21H21FN4O/c22-18-8-2-1-5-17(18)15-25-11-13-26(14-12-25)21(27)24-19-9-3-6-16-7-4-10-23-20(16)19/h1-10H,11-15H2,(H,24,27). The lowest BCUT2D eigenvalue weighted by Gasteiger charge is -2.34. The van der Waals surface area contributed by atoms with Gasteiger partial charge in [0.2, 0.25) is 0 Å². The van der Waals surface area contributed by atoms with Crippen LogP contribution in [0.3, 0.4) is 0 Å². The summed E-state index contributed by atoms with van der Waals surface area (Å²) in [6.45, 7) is 3.22. The molecule has 0 bridgehead atoms. The van der Waals surface area contributed by atoms with Gasteiger partial charge in [-0.2, -0.15) is 0 Å². The largest absolute Gasteiger partial charge is 0.322 e. The normalized spacial score (nSPS) is 15.1. The van der Waals surface area contributed by atoms with Crippen LogP contribution in [0.15, 0.2) is 60.8 Å². The Hall–Kier alpha value is -2.99. The Balaban J connectivity index is 1.37. The minimum Gasteiger partial charge on any atom is -0.322 e. The lowest BCUT2D eigenvalue weighted by molar-refractivity contribution is 0.142. The van der Waals surface area contributed by atoms with E-state index in [-0.39, 0.29) is 11.8 Å². The van der Waals surface area contributed by atoms with Crippen molar-refractivity contribution in [2.24, 2.45) is 0 Å². The molecule has 2 aromatic carbocycles. The number of rotatable bonds is 3. The molecule has 4 rings (SSSR count). The third kappa shape index (κ3) is 3.90. The smallest absolute Gasteiger partial charge is 0.321 e. The number of nitrogens with one attached hydrogen (secondary N) is 1. The minimum atomic E-state index is -0.180. The number of halogens is 1. The van der Waals surface area contributed by atoms with Gasteiger partial charge in [-0.3, -0.25) is 9.88 Å². The molecule has 0 unspecified atom stereocenters. The van der Waals surface area contributed by atoms with E-state index >= 15 is 0 Å². The zero-order valence-electron chi connectivity index (χ0n) is 14.9. The molecule has 2 heterocycles. The monoisotopic (exact) mass is 364 g/mol. The van der Waals surface area contributed by atoms with Gasteiger partial charge in [0, 0.05) is 49.9 Å². The summed E-state index contributed by atoms with van der Waals surface area (Å²) in [5.41, 5.74) is 2.19. The molecule has 3 aromatic rings. The van der Waals surface area contributed by atoms with Gasteiger partial charge in [0.25, 0.3) is 0 Å². The van der Waals surface area contributed by atoms with Crippen molar-refractivity contribution in [3.05, 3.63) is 72.2 Å². The van der Waals surface area contributed by atoms with E-state index < -0.39 is 0 Å². The summed E-state index contributed by atoms with van der Waals surface area (Å²) in [7, 11) is 0. The number of hydrogen-bond acceptors (Lipinski definition) is 3. The van der Waals surface area contributed by atoms with Gasteiger partial charge in [-0.25, -0.2) is 9.18 Å². The molecule has 0 aliphatic carbocycles. The Morgan fingerprint density at radius 3 is 2.59 bits per heavy atom. The van der Waals surface area contributed by atoms with Crippen molar-refractivity contribution < 1.29 is 9.18 Å². The Morgan fingerprint density at radius 1 is 1.00 bits per heavy atom. The SMILES string of the molecule is O=C(Nc1cccc2cccnc12)N1CCN(Cc2ccccc2F)CC1. The first-order valence-corrected chi connectivity index (χ1v) is 9.06. The maximum Gasteiger partial charge on any atom is 0.321 e. The number of hydrogen-bond donors (Lipinski definition) is 1. The molecular formula is C21H21FN4O. The number of carbonyl (C=O) groups excluding carboxylic acids is 1. The van der Waals surface area contributed by atoms with E-state index in [9.17, 15) is 9.18 Å². The minimum absolute atomic E-state index is 0.126.